The molecule has 7 nitrogen and oxygen atoms in total. The second-order valence-electron chi connectivity index (χ2n) is 6.65. The number of hydrogen-bond acceptors (Lipinski definition) is 6. The Balaban J connectivity index is 2.18. The van der Waals surface area contributed by atoms with Crippen LogP contribution < -0.4 is 4.31 Å². The molecule has 3 aromatic rings. The van der Waals surface area contributed by atoms with Crippen molar-refractivity contribution in [2.75, 3.05) is 18.1 Å². The Morgan fingerprint density at radius 1 is 1.15 bits per heavy atom. The molecular weight excluding hydrogens is 506 g/mol. The molecule has 0 aliphatic rings. The summed E-state index contributed by atoms with van der Waals surface area (Å²) in [6, 6.07) is 6.41. The first-order valence-electron chi connectivity index (χ1n) is 9.08. The molecule has 0 bridgehead atoms. The standard InChI is InChI=1S/C20H16Cl2F3N3O4S/c1-32-11-28(33(30,31)14-2-3-16(22)15(9-14)20(23,24)25)17-8-13(21)10-27-18(17)19(29)12-4-6-26-7-5-12/h2-10,19,29H,11H2,1H3. The zero-order chi connectivity index (χ0) is 24.4. The summed E-state index contributed by atoms with van der Waals surface area (Å²) in [4.78, 5) is 7.23. The average molecular weight is 522 g/mol. The molecule has 13 heteroatoms. The van der Waals surface area contributed by atoms with E-state index in [2.05, 4.69) is 9.97 Å². The van der Waals surface area contributed by atoms with E-state index in [0.717, 1.165) is 12.1 Å². The van der Waals surface area contributed by atoms with E-state index < -0.39 is 44.5 Å². The normalized spacial score (nSPS) is 13.1. The van der Waals surface area contributed by atoms with E-state index in [-0.39, 0.29) is 16.4 Å². The first-order chi connectivity index (χ1) is 15.5. The maximum Gasteiger partial charge on any atom is 0.417 e. The predicted octanol–water partition coefficient (Wildman–Crippen LogP) is 4.68. The van der Waals surface area contributed by atoms with Crippen LogP contribution in [0.1, 0.15) is 22.9 Å². The Morgan fingerprint density at radius 3 is 2.42 bits per heavy atom. The molecule has 1 N–H and O–H groups in total. The zero-order valence-electron chi connectivity index (χ0n) is 16.8. The maximum atomic E-state index is 13.4. The molecule has 0 amide bonds. The number of aromatic nitrogens is 2. The van der Waals surface area contributed by atoms with Gasteiger partial charge in [-0.25, -0.2) is 12.7 Å². The molecule has 1 unspecified atom stereocenters. The van der Waals surface area contributed by atoms with Gasteiger partial charge in [0.25, 0.3) is 10.0 Å². The minimum Gasteiger partial charge on any atom is -0.382 e. The number of alkyl halides is 3. The SMILES string of the molecule is COCN(c1cc(Cl)cnc1C(O)c1ccncc1)S(=O)(=O)c1ccc(Cl)c(C(F)(F)F)c1. The van der Waals surface area contributed by atoms with Crippen LogP contribution in [-0.4, -0.2) is 37.3 Å². The molecule has 0 saturated heterocycles. The molecule has 0 fully saturated rings. The molecule has 0 spiro atoms. The largest absolute Gasteiger partial charge is 0.417 e. The second-order valence-corrected chi connectivity index (χ2v) is 9.36. The lowest BCUT2D eigenvalue weighted by molar-refractivity contribution is -0.137. The van der Waals surface area contributed by atoms with Gasteiger partial charge in [0.15, 0.2) is 0 Å². The number of halogens is 5. The highest BCUT2D eigenvalue weighted by Gasteiger charge is 2.36. The molecule has 2 heterocycles. The summed E-state index contributed by atoms with van der Waals surface area (Å²) < 4.78 is 72.4. The number of anilines is 1. The molecule has 0 aliphatic heterocycles. The average Bonchev–Trinajstić information content (AvgIpc) is 2.76. The summed E-state index contributed by atoms with van der Waals surface area (Å²) in [5, 5.41) is 10.2. The number of rotatable bonds is 7. The van der Waals surface area contributed by atoms with Crippen LogP contribution in [-0.2, 0) is 20.9 Å². The van der Waals surface area contributed by atoms with Gasteiger partial charge in [-0.3, -0.25) is 9.97 Å². The van der Waals surface area contributed by atoms with Crippen LogP contribution in [0.2, 0.25) is 10.0 Å². The van der Waals surface area contributed by atoms with Crippen molar-refractivity contribution in [3.8, 4) is 0 Å². The van der Waals surface area contributed by atoms with Gasteiger partial charge in [-0.15, -0.1) is 0 Å². The summed E-state index contributed by atoms with van der Waals surface area (Å²) in [6.07, 6.45) is -2.23. The quantitative estimate of drug-likeness (QED) is 0.453. The van der Waals surface area contributed by atoms with Gasteiger partial charge in [0, 0.05) is 25.7 Å². The van der Waals surface area contributed by atoms with E-state index in [0.29, 0.717) is 15.9 Å². The van der Waals surface area contributed by atoms with Crippen molar-refractivity contribution in [1.82, 2.24) is 9.97 Å². The molecule has 33 heavy (non-hydrogen) atoms. The second kappa shape index (κ2) is 9.82. The molecular formula is C20H16Cl2F3N3O4S. The molecule has 1 aromatic carbocycles. The van der Waals surface area contributed by atoms with Crippen molar-refractivity contribution < 1.29 is 31.4 Å². The summed E-state index contributed by atoms with van der Waals surface area (Å²) in [5.41, 5.74) is -1.26. The van der Waals surface area contributed by atoms with Crippen LogP contribution in [0.25, 0.3) is 0 Å². The fourth-order valence-electron chi connectivity index (χ4n) is 2.95. The number of pyridine rings is 2. The number of hydrogen-bond donors (Lipinski definition) is 1. The van der Waals surface area contributed by atoms with Crippen LogP contribution in [0.15, 0.2) is 59.9 Å². The zero-order valence-corrected chi connectivity index (χ0v) is 19.1. The lowest BCUT2D eigenvalue weighted by atomic mass is 10.1. The number of ether oxygens (including phenoxy) is 1. The van der Waals surface area contributed by atoms with Crippen LogP contribution in [0.5, 0.6) is 0 Å². The van der Waals surface area contributed by atoms with Gasteiger partial charge >= 0.3 is 6.18 Å². The van der Waals surface area contributed by atoms with Crippen molar-refractivity contribution in [2.24, 2.45) is 0 Å². The molecule has 0 saturated carbocycles. The number of aliphatic hydroxyl groups excluding tert-OH is 1. The summed E-state index contributed by atoms with van der Waals surface area (Å²) in [6.45, 7) is -0.607. The van der Waals surface area contributed by atoms with E-state index in [1.807, 2.05) is 0 Å². The molecule has 3 rings (SSSR count). The van der Waals surface area contributed by atoms with Crippen LogP contribution in [0, 0.1) is 0 Å². The van der Waals surface area contributed by atoms with Crippen LogP contribution in [0.4, 0.5) is 18.9 Å². The number of methoxy groups -OCH3 is 1. The third-order valence-electron chi connectivity index (χ3n) is 4.49. The highest BCUT2D eigenvalue weighted by Crippen LogP contribution is 2.38. The Bertz CT molecular complexity index is 1250. The highest BCUT2D eigenvalue weighted by molar-refractivity contribution is 7.92. The Hall–Kier alpha value is -2.44. The van der Waals surface area contributed by atoms with E-state index in [9.17, 15) is 26.7 Å². The van der Waals surface area contributed by atoms with Crippen molar-refractivity contribution in [3.63, 3.8) is 0 Å². The topological polar surface area (TPSA) is 92.6 Å². The minimum absolute atomic E-state index is 0.0269. The predicted molar refractivity (Wildman–Crippen MR) is 116 cm³/mol. The molecule has 2 aromatic heterocycles. The fourth-order valence-corrected chi connectivity index (χ4v) is 4.74. The van der Waals surface area contributed by atoms with Crippen molar-refractivity contribution in [3.05, 3.63) is 81.9 Å². The third kappa shape index (κ3) is 5.39. The first-order valence-corrected chi connectivity index (χ1v) is 11.3. The highest BCUT2D eigenvalue weighted by atomic mass is 35.5. The van der Waals surface area contributed by atoms with Gasteiger partial charge in [-0.2, -0.15) is 13.2 Å². The van der Waals surface area contributed by atoms with Crippen molar-refractivity contribution in [1.29, 1.82) is 0 Å². The van der Waals surface area contributed by atoms with E-state index in [4.69, 9.17) is 27.9 Å². The summed E-state index contributed by atoms with van der Waals surface area (Å²) in [7, 11) is -3.45. The Kier molecular flexibility index (Phi) is 7.49. The van der Waals surface area contributed by atoms with Gasteiger partial charge in [-0.1, -0.05) is 23.2 Å². The third-order valence-corrected chi connectivity index (χ3v) is 6.76. The molecule has 176 valence electrons. The van der Waals surface area contributed by atoms with Crippen LogP contribution in [0.3, 0.4) is 0 Å². The molecule has 0 radical (unpaired) electrons. The minimum atomic E-state index is -4.88. The van der Waals surface area contributed by atoms with Gasteiger partial charge < -0.3 is 9.84 Å². The monoisotopic (exact) mass is 521 g/mol. The van der Waals surface area contributed by atoms with Gasteiger partial charge in [-0.05, 0) is 42.0 Å². The fraction of sp³-hybridized carbons (Fsp3) is 0.200. The van der Waals surface area contributed by atoms with Gasteiger partial charge in [0.1, 0.15) is 12.8 Å². The number of benzene rings is 1. The van der Waals surface area contributed by atoms with Crippen molar-refractivity contribution in [2.45, 2.75) is 17.2 Å². The Morgan fingerprint density at radius 2 is 1.82 bits per heavy atom. The lowest BCUT2D eigenvalue weighted by Crippen LogP contribution is -2.34. The number of nitrogens with zero attached hydrogens (tertiary/aromatic N) is 3. The molecule has 0 aliphatic carbocycles. The summed E-state index contributed by atoms with van der Waals surface area (Å²) in [5.74, 6) is 0. The molecule has 1 atom stereocenters. The maximum absolute atomic E-state index is 13.4. The van der Waals surface area contributed by atoms with E-state index in [1.54, 1.807) is 0 Å². The van der Waals surface area contributed by atoms with Crippen LogP contribution >= 0.6 is 23.2 Å². The number of sulfonamides is 1. The van der Waals surface area contributed by atoms with Gasteiger partial charge in [0.05, 0.1) is 31.9 Å². The Labute approximate surface area is 197 Å². The van der Waals surface area contributed by atoms with E-state index >= 15 is 0 Å². The summed E-state index contributed by atoms with van der Waals surface area (Å²) >= 11 is 11.7. The smallest absolute Gasteiger partial charge is 0.382 e. The number of aliphatic hydroxyl groups is 1. The first kappa shape index (κ1) is 25.2. The lowest BCUT2D eigenvalue weighted by Gasteiger charge is -2.27. The van der Waals surface area contributed by atoms with Gasteiger partial charge in [0.2, 0.25) is 0 Å². The van der Waals surface area contributed by atoms with Crippen molar-refractivity contribution >= 4 is 38.9 Å². The van der Waals surface area contributed by atoms with E-state index in [1.165, 1.54) is 43.9 Å².